The number of anilines is 1. The molecule has 11 heteroatoms. The highest BCUT2D eigenvalue weighted by Gasteiger charge is 2.69. The van der Waals surface area contributed by atoms with Crippen molar-refractivity contribution in [2.24, 2.45) is 0 Å². The zero-order chi connectivity index (χ0) is 28.0. The Labute approximate surface area is 241 Å². The number of nitrogens with zero attached hydrogens (tertiary/aromatic N) is 7. The van der Waals surface area contributed by atoms with Gasteiger partial charge in [-0.3, -0.25) is 15.2 Å². The van der Waals surface area contributed by atoms with Crippen molar-refractivity contribution < 1.29 is 13.7 Å². The first-order chi connectivity index (χ1) is 20.8. The Hall–Kier alpha value is -4.71. The van der Waals surface area contributed by atoms with Crippen LogP contribution in [-0.4, -0.2) is 69.6 Å². The first-order valence-electron chi connectivity index (χ1n) is 14.0. The molecule has 2 saturated heterocycles. The van der Waals surface area contributed by atoms with E-state index in [-0.39, 0.29) is 0 Å². The molecule has 0 radical (unpaired) electrons. The van der Waals surface area contributed by atoms with Gasteiger partial charge in [-0.15, -0.1) is 5.10 Å². The molecule has 2 aliphatic heterocycles. The van der Waals surface area contributed by atoms with E-state index >= 15 is 0 Å². The number of ether oxygens (including phenoxy) is 1. The zero-order valence-corrected chi connectivity index (χ0v) is 22.8. The largest absolute Gasteiger partial charge is 0.445 e. The number of nitrogens with one attached hydrogen (secondary N) is 1. The molecule has 0 saturated carbocycles. The average molecular weight is 561 g/mol. The first-order valence-corrected chi connectivity index (χ1v) is 14.0. The Bertz CT molecular complexity index is 1830. The number of pyridine rings is 1. The van der Waals surface area contributed by atoms with E-state index in [1.54, 1.807) is 24.9 Å². The molecule has 0 aliphatic carbocycles. The monoisotopic (exact) mass is 560 g/mol. The molecule has 0 spiro atoms. The highest BCUT2D eigenvalue weighted by Crippen LogP contribution is 2.54. The van der Waals surface area contributed by atoms with Crippen LogP contribution in [0.3, 0.4) is 0 Å². The molecule has 11 nitrogen and oxygen atoms in total. The predicted molar refractivity (Wildman–Crippen MR) is 154 cm³/mol. The third kappa shape index (κ3) is 3.47. The number of fused-ring (bicyclic) bond motifs is 2. The Morgan fingerprint density at radius 2 is 1.64 bits per heavy atom. The summed E-state index contributed by atoms with van der Waals surface area (Å²) in [5, 5.41) is 21.8. The smallest absolute Gasteiger partial charge is 0.238 e. The Morgan fingerprint density at radius 1 is 0.810 bits per heavy atom. The molecule has 2 aliphatic rings. The molecule has 6 heterocycles. The molecule has 0 bridgehead atoms. The number of oxazole rings is 1. The molecule has 1 N–H and O–H groups in total. The molecule has 2 fully saturated rings. The summed E-state index contributed by atoms with van der Waals surface area (Å²) in [5.74, 6) is 1.19. The van der Waals surface area contributed by atoms with Crippen LogP contribution in [0.2, 0.25) is 0 Å². The fraction of sp³-hybridized carbons (Fsp3) is 0.258. The van der Waals surface area contributed by atoms with Gasteiger partial charge >= 0.3 is 0 Å². The summed E-state index contributed by atoms with van der Waals surface area (Å²) < 4.78 is 17.8. The van der Waals surface area contributed by atoms with Crippen molar-refractivity contribution in [2.75, 3.05) is 44.3 Å². The van der Waals surface area contributed by atoms with Gasteiger partial charge in [0.25, 0.3) is 0 Å². The van der Waals surface area contributed by atoms with E-state index in [0.29, 0.717) is 56.8 Å². The van der Waals surface area contributed by atoms with Crippen molar-refractivity contribution in [1.82, 2.24) is 35.5 Å². The van der Waals surface area contributed by atoms with Gasteiger partial charge in [0.15, 0.2) is 11.4 Å². The Morgan fingerprint density at radius 3 is 2.45 bits per heavy atom. The second-order valence-corrected chi connectivity index (χ2v) is 10.5. The number of hydrogen-bond donors (Lipinski definition) is 1. The van der Waals surface area contributed by atoms with E-state index in [9.17, 15) is 0 Å². The van der Waals surface area contributed by atoms with E-state index in [0.717, 1.165) is 27.2 Å². The van der Waals surface area contributed by atoms with E-state index in [4.69, 9.17) is 28.7 Å². The van der Waals surface area contributed by atoms with Crippen molar-refractivity contribution in [3.63, 3.8) is 0 Å². The third-order valence-corrected chi connectivity index (χ3v) is 8.50. The van der Waals surface area contributed by atoms with Gasteiger partial charge in [0, 0.05) is 54.6 Å². The highest BCUT2D eigenvalue weighted by atomic mass is 16.5. The molecule has 210 valence electrons. The SMILES string of the molecule is c1ccc2c(N3CCNC(c4ccon4)(c4nccc5ccccc45)C3(c3ncco3)N3CCOCC3)nncc2c1. The van der Waals surface area contributed by atoms with Gasteiger partial charge in [0.2, 0.25) is 11.6 Å². The Kier molecular flexibility index (Phi) is 5.95. The quantitative estimate of drug-likeness (QED) is 0.333. The number of piperazine rings is 1. The van der Waals surface area contributed by atoms with Crippen LogP contribution in [-0.2, 0) is 15.9 Å². The molecule has 6 aromatic rings. The lowest BCUT2D eigenvalue weighted by atomic mass is 9.71. The minimum atomic E-state index is -1.16. The van der Waals surface area contributed by atoms with E-state index < -0.39 is 11.2 Å². The van der Waals surface area contributed by atoms with Crippen LogP contribution in [0.15, 0.2) is 101 Å². The summed E-state index contributed by atoms with van der Waals surface area (Å²) in [5.41, 5.74) is -0.878. The summed E-state index contributed by atoms with van der Waals surface area (Å²) in [4.78, 5) is 14.6. The van der Waals surface area contributed by atoms with Gasteiger partial charge in [-0.25, -0.2) is 4.98 Å². The van der Waals surface area contributed by atoms with Crippen LogP contribution in [0, 0.1) is 0 Å². The van der Waals surface area contributed by atoms with E-state index in [1.807, 2.05) is 42.6 Å². The van der Waals surface area contributed by atoms with Crippen molar-refractivity contribution in [2.45, 2.75) is 11.2 Å². The molecule has 8 rings (SSSR count). The van der Waals surface area contributed by atoms with Crippen LogP contribution in [0.25, 0.3) is 21.5 Å². The molecule has 42 heavy (non-hydrogen) atoms. The van der Waals surface area contributed by atoms with Crippen LogP contribution in [0.1, 0.15) is 17.3 Å². The Balaban J connectivity index is 1.54. The zero-order valence-electron chi connectivity index (χ0n) is 22.8. The molecule has 2 aromatic carbocycles. The van der Waals surface area contributed by atoms with E-state index in [2.05, 4.69) is 49.6 Å². The van der Waals surface area contributed by atoms with Crippen molar-refractivity contribution in [3.8, 4) is 0 Å². The third-order valence-electron chi connectivity index (χ3n) is 8.50. The molecular weight excluding hydrogens is 532 g/mol. The summed E-state index contributed by atoms with van der Waals surface area (Å²) >= 11 is 0. The molecule has 4 aromatic heterocycles. The van der Waals surface area contributed by atoms with Crippen molar-refractivity contribution in [3.05, 3.63) is 109 Å². The van der Waals surface area contributed by atoms with Crippen LogP contribution >= 0.6 is 0 Å². The number of aromatic nitrogens is 5. The topological polar surface area (TPSA) is 118 Å². The molecule has 0 amide bonds. The van der Waals surface area contributed by atoms with Gasteiger partial charge in [0.05, 0.1) is 31.3 Å². The van der Waals surface area contributed by atoms with Gasteiger partial charge < -0.3 is 18.6 Å². The standard InChI is InChI=1S/C31H28N8O3/c1-3-7-24-22(5-1)9-11-32-27(24)30(26-10-17-42-37-26)31(29-33-13-18-41-29,38-15-19-40-20-16-38)39(14-12-34-30)28-25-8-4-2-6-23(25)21-35-36-28/h1-11,13,17-18,21,34H,12,14-16,19-20H2. The maximum absolute atomic E-state index is 6.37. The number of morpholine rings is 1. The number of benzene rings is 2. The number of rotatable bonds is 5. The highest BCUT2D eigenvalue weighted by molar-refractivity contribution is 5.92. The fourth-order valence-electron chi connectivity index (χ4n) is 6.88. The van der Waals surface area contributed by atoms with Crippen molar-refractivity contribution >= 4 is 27.4 Å². The number of hydrogen-bond acceptors (Lipinski definition) is 11. The van der Waals surface area contributed by atoms with E-state index in [1.165, 1.54) is 0 Å². The maximum Gasteiger partial charge on any atom is 0.238 e. The lowest BCUT2D eigenvalue weighted by Crippen LogP contribution is -2.79. The van der Waals surface area contributed by atoms with Crippen LogP contribution < -0.4 is 10.2 Å². The second kappa shape index (κ2) is 9.98. The molecule has 2 atom stereocenters. The summed E-state index contributed by atoms with van der Waals surface area (Å²) in [6.07, 6.45) is 8.53. The maximum atomic E-state index is 6.37. The van der Waals surface area contributed by atoms with Crippen LogP contribution in [0.5, 0.6) is 0 Å². The first kappa shape index (κ1) is 25.0. The van der Waals surface area contributed by atoms with Gasteiger partial charge in [-0.2, -0.15) is 5.10 Å². The average Bonchev–Trinajstić information content (AvgIpc) is 3.80. The molecule has 2 unspecified atom stereocenters. The summed E-state index contributed by atoms with van der Waals surface area (Å²) in [6.45, 7) is 3.43. The summed E-state index contributed by atoms with van der Waals surface area (Å²) in [6, 6.07) is 20.3. The van der Waals surface area contributed by atoms with Gasteiger partial charge in [0.1, 0.15) is 18.2 Å². The van der Waals surface area contributed by atoms with Crippen LogP contribution in [0.4, 0.5) is 5.82 Å². The predicted octanol–water partition coefficient (Wildman–Crippen LogP) is 3.69. The normalized spacial score (nSPS) is 23.5. The second-order valence-electron chi connectivity index (χ2n) is 10.5. The van der Waals surface area contributed by atoms with Gasteiger partial charge in [-0.05, 0) is 11.5 Å². The van der Waals surface area contributed by atoms with Gasteiger partial charge in [-0.1, -0.05) is 53.7 Å². The molecular formula is C31H28N8O3. The summed E-state index contributed by atoms with van der Waals surface area (Å²) in [7, 11) is 0. The minimum absolute atomic E-state index is 0.476. The lowest BCUT2D eigenvalue weighted by molar-refractivity contribution is -0.0864. The minimum Gasteiger partial charge on any atom is -0.445 e. The lowest BCUT2D eigenvalue weighted by Gasteiger charge is -2.61. The van der Waals surface area contributed by atoms with Crippen molar-refractivity contribution in [1.29, 1.82) is 0 Å². The fourth-order valence-corrected chi connectivity index (χ4v) is 6.88.